The first kappa shape index (κ1) is 14.8. The van der Waals surface area contributed by atoms with Crippen molar-refractivity contribution in [1.82, 2.24) is 0 Å². The zero-order valence-electron chi connectivity index (χ0n) is 11.0. The molecular weight excluding hydrogens is 236 g/mol. The molecule has 0 saturated heterocycles. The van der Waals surface area contributed by atoms with Crippen molar-refractivity contribution in [3.63, 3.8) is 0 Å². The number of nitrogens with zero attached hydrogens (tertiary/aromatic N) is 1. The summed E-state index contributed by atoms with van der Waals surface area (Å²) in [4.78, 5) is 10.4. The lowest BCUT2D eigenvalue weighted by molar-refractivity contribution is -0.0893. The summed E-state index contributed by atoms with van der Waals surface area (Å²) in [6.07, 6.45) is 0. The van der Waals surface area contributed by atoms with Crippen molar-refractivity contribution in [2.24, 2.45) is 5.18 Å². The highest BCUT2D eigenvalue weighted by molar-refractivity contribution is 6.47. The summed E-state index contributed by atoms with van der Waals surface area (Å²) in [5.74, 6) is -0.681. The van der Waals surface area contributed by atoms with Crippen molar-refractivity contribution < 1.29 is 14.2 Å². The molecule has 1 aromatic rings. The predicted molar refractivity (Wildman–Crippen MR) is 70.1 cm³/mol. The first-order valence-corrected chi connectivity index (χ1v) is 5.66. The van der Waals surface area contributed by atoms with E-state index < -0.39 is 17.0 Å². The molecule has 1 aromatic carbocycles. The zero-order valence-corrected chi connectivity index (χ0v) is 11.0. The van der Waals surface area contributed by atoms with Gasteiger partial charge >= 0.3 is 7.48 Å². The summed E-state index contributed by atoms with van der Waals surface area (Å²) in [6, 6.07) is 4.35. The lowest BCUT2D eigenvalue weighted by Gasteiger charge is -2.37. The second-order valence-corrected chi connectivity index (χ2v) is 5.20. The van der Waals surface area contributed by atoms with Crippen LogP contribution in [0.15, 0.2) is 23.4 Å². The smallest absolute Gasteiger partial charge is 0.312 e. The molecule has 0 bridgehead atoms. The number of benzene rings is 1. The molecule has 4 nitrogen and oxygen atoms in total. The van der Waals surface area contributed by atoms with Gasteiger partial charge in [-0.25, -0.2) is 4.39 Å². The van der Waals surface area contributed by atoms with Crippen LogP contribution in [0.2, 0.25) is 0 Å². The Kier molecular flexibility index (Phi) is 4.24. The van der Waals surface area contributed by atoms with Crippen LogP contribution in [-0.2, 0) is 4.65 Å². The largest absolute Gasteiger partial charge is 0.427 e. The lowest BCUT2D eigenvalue weighted by atomic mass is 9.82. The molecule has 0 atom stereocenters. The Labute approximate surface area is 106 Å². The third-order valence-corrected chi connectivity index (χ3v) is 3.22. The predicted octanol–water partition coefficient (Wildman–Crippen LogP) is 1.77. The Morgan fingerprint density at radius 1 is 1.33 bits per heavy atom. The van der Waals surface area contributed by atoms with Gasteiger partial charge in [-0.3, -0.25) is 0 Å². The SMILES string of the molecule is CC(C)(O)C(C)(C)OBc1cccc(N=O)c1F. The topological polar surface area (TPSA) is 58.9 Å². The molecule has 18 heavy (non-hydrogen) atoms. The number of hydrogen-bond donors (Lipinski definition) is 1. The van der Waals surface area contributed by atoms with Crippen molar-refractivity contribution >= 4 is 18.6 Å². The maximum atomic E-state index is 13.7. The van der Waals surface area contributed by atoms with Crippen LogP contribution in [0.4, 0.5) is 10.1 Å². The van der Waals surface area contributed by atoms with Crippen LogP contribution in [0.3, 0.4) is 0 Å². The molecule has 0 aliphatic rings. The highest BCUT2D eigenvalue weighted by Crippen LogP contribution is 2.24. The van der Waals surface area contributed by atoms with Crippen molar-refractivity contribution in [2.75, 3.05) is 0 Å². The molecular formula is C12H17BFNO3. The van der Waals surface area contributed by atoms with Crippen LogP contribution in [0, 0.1) is 10.7 Å². The Bertz CT molecular complexity index is 443. The van der Waals surface area contributed by atoms with Crippen molar-refractivity contribution in [3.05, 3.63) is 28.9 Å². The fourth-order valence-electron chi connectivity index (χ4n) is 1.18. The second kappa shape index (κ2) is 5.16. The van der Waals surface area contributed by atoms with Gasteiger partial charge in [0.15, 0.2) is 0 Å². The van der Waals surface area contributed by atoms with Crippen molar-refractivity contribution in [3.8, 4) is 0 Å². The van der Waals surface area contributed by atoms with E-state index in [0.717, 1.165) is 0 Å². The minimum atomic E-state index is -1.07. The molecule has 0 spiro atoms. The Balaban J connectivity index is 2.85. The quantitative estimate of drug-likeness (QED) is 0.642. The highest BCUT2D eigenvalue weighted by atomic mass is 19.1. The maximum absolute atomic E-state index is 13.7. The monoisotopic (exact) mass is 253 g/mol. The minimum Gasteiger partial charge on any atom is -0.427 e. The summed E-state index contributed by atoms with van der Waals surface area (Å²) in [5.41, 5.74) is -1.91. The molecule has 1 rings (SSSR count). The van der Waals surface area contributed by atoms with Crippen molar-refractivity contribution in [2.45, 2.75) is 38.9 Å². The van der Waals surface area contributed by atoms with Crippen LogP contribution < -0.4 is 5.46 Å². The van der Waals surface area contributed by atoms with Crippen LogP contribution >= 0.6 is 0 Å². The second-order valence-electron chi connectivity index (χ2n) is 5.20. The molecule has 98 valence electrons. The zero-order chi connectivity index (χ0) is 14.0. The molecule has 0 aliphatic heterocycles. The summed E-state index contributed by atoms with van der Waals surface area (Å²) >= 11 is 0. The van der Waals surface area contributed by atoms with E-state index >= 15 is 0 Å². The van der Waals surface area contributed by atoms with Crippen LogP contribution in [0.5, 0.6) is 0 Å². The summed E-state index contributed by atoms with van der Waals surface area (Å²) in [7, 11) is -0.0355. The third-order valence-electron chi connectivity index (χ3n) is 3.22. The van der Waals surface area contributed by atoms with Crippen LogP contribution in [-0.4, -0.2) is 23.8 Å². The average molecular weight is 253 g/mol. The summed E-state index contributed by atoms with van der Waals surface area (Å²) < 4.78 is 19.2. The van der Waals surface area contributed by atoms with Gasteiger partial charge in [0.1, 0.15) is 11.5 Å². The van der Waals surface area contributed by atoms with Gasteiger partial charge in [-0.05, 0) is 44.4 Å². The van der Waals surface area contributed by atoms with Gasteiger partial charge in [-0.2, -0.15) is 0 Å². The Hall–Kier alpha value is -1.27. The van der Waals surface area contributed by atoms with Gasteiger partial charge in [0, 0.05) is 0 Å². The minimum absolute atomic E-state index is 0.0355. The van der Waals surface area contributed by atoms with E-state index in [2.05, 4.69) is 5.18 Å². The molecule has 0 aromatic heterocycles. The molecule has 0 heterocycles. The van der Waals surface area contributed by atoms with Gasteiger partial charge in [0.25, 0.3) is 0 Å². The highest BCUT2D eigenvalue weighted by Gasteiger charge is 2.35. The van der Waals surface area contributed by atoms with Gasteiger partial charge in [-0.15, -0.1) is 4.91 Å². The Morgan fingerprint density at radius 3 is 2.44 bits per heavy atom. The molecule has 0 radical (unpaired) electrons. The molecule has 0 unspecified atom stereocenters. The fourth-order valence-corrected chi connectivity index (χ4v) is 1.18. The van der Waals surface area contributed by atoms with E-state index in [-0.39, 0.29) is 18.6 Å². The molecule has 1 N–H and O–H groups in total. The number of aliphatic hydroxyl groups is 1. The maximum Gasteiger partial charge on any atom is 0.312 e. The van der Waals surface area contributed by atoms with E-state index in [1.165, 1.54) is 18.2 Å². The van der Waals surface area contributed by atoms with Crippen LogP contribution in [0.25, 0.3) is 0 Å². The molecule has 0 amide bonds. The molecule has 0 aliphatic carbocycles. The molecule has 0 fully saturated rings. The van der Waals surface area contributed by atoms with E-state index in [1.807, 2.05) is 0 Å². The number of rotatable bonds is 5. The first-order valence-electron chi connectivity index (χ1n) is 5.66. The molecule has 0 saturated carbocycles. The van der Waals surface area contributed by atoms with E-state index in [0.29, 0.717) is 0 Å². The Morgan fingerprint density at radius 2 is 1.94 bits per heavy atom. The van der Waals surface area contributed by atoms with Gasteiger partial charge in [0.05, 0.1) is 11.2 Å². The number of halogens is 1. The molecule has 6 heteroatoms. The standard InChI is InChI=1S/C12H17BFNO3/c1-11(2,16)12(3,4)18-13-8-6-5-7-9(15-17)10(8)14/h5-7,13,16H,1-4H3. The number of nitroso groups, excluding NO2 is 1. The van der Waals surface area contributed by atoms with Gasteiger partial charge in [0.2, 0.25) is 0 Å². The van der Waals surface area contributed by atoms with Gasteiger partial charge in [-0.1, -0.05) is 12.1 Å². The summed E-state index contributed by atoms with van der Waals surface area (Å²) in [5, 5.41) is 12.5. The normalized spacial score (nSPS) is 12.3. The van der Waals surface area contributed by atoms with Gasteiger partial charge < -0.3 is 9.76 Å². The van der Waals surface area contributed by atoms with Crippen molar-refractivity contribution in [1.29, 1.82) is 0 Å². The number of hydrogen-bond acceptors (Lipinski definition) is 4. The van der Waals surface area contributed by atoms with E-state index in [1.54, 1.807) is 27.7 Å². The fraction of sp³-hybridized carbons (Fsp3) is 0.500. The van der Waals surface area contributed by atoms with E-state index in [9.17, 15) is 14.4 Å². The first-order chi connectivity index (χ1) is 8.19. The average Bonchev–Trinajstić information content (AvgIpc) is 2.26. The lowest BCUT2D eigenvalue weighted by Crippen LogP contribution is -2.49. The summed E-state index contributed by atoms with van der Waals surface area (Å²) in [6.45, 7) is 6.67. The van der Waals surface area contributed by atoms with E-state index in [4.69, 9.17) is 4.65 Å². The third kappa shape index (κ3) is 3.14. The van der Waals surface area contributed by atoms with Crippen LogP contribution in [0.1, 0.15) is 27.7 Å².